The first-order valence-electron chi connectivity index (χ1n) is 9.47. The van der Waals surface area contributed by atoms with Gasteiger partial charge in [-0.25, -0.2) is 9.59 Å². The number of hydrogen-bond acceptors (Lipinski definition) is 8. The third-order valence-electron chi connectivity index (χ3n) is 4.55. The van der Waals surface area contributed by atoms with Crippen molar-refractivity contribution in [2.45, 2.75) is 12.8 Å². The van der Waals surface area contributed by atoms with Crippen molar-refractivity contribution in [1.82, 2.24) is 0 Å². The summed E-state index contributed by atoms with van der Waals surface area (Å²) in [5, 5.41) is 0. The smallest absolute Gasteiger partial charge is 0.338 e. The quantitative estimate of drug-likeness (QED) is 0.511. The minimum Gasteiger partial charge on any atom is -0.490 e. The van der Waals surface area contributed by atoms with Crippen molar-refractivity contribution < 1.29 is 38.1 Å². The summed E-state index contributed by atoms with van der Waals surface area (Å²) in [5.41, 5.74) is 0.698. The minimum atomic E-state index is -0.704. The summed E-state index contributed by atoms with van der Waals surface area (Å²) < 4.78 is 20.1. The number of esters is 3. The zero-order chi connectivity index (χ0) is 22.4. The molecule has 1 aliphatic rings. The van der Waals surface area contributed by atoms with Gasteiger partial charge >= 0.3 is 17.9 Å². The summed E-state index contributed by atoms with van der Waals surface area (Å²) in [6.45, 7) is 0.748. The van der Waals surface area contributed by atoms with Crippen molar-refractivity contribution in [3.63, 3.8) is 0 Å². The number of methoxy groups -OCH3 is 2. The first-order chi connectivity index (χ1) is 14.9. The van der Waals surface area contributed by atoms with Gasteiger partial charge in [0.05, 0.1) is 44.0 Å². The number of rotatable bonds is 6. The van der Waals surface area contributed by atoms with Gasteiger partial charge in [0.25, 0.3) is 0 Å². The van der Waals surface area contributed by atoms with E-state index in [1.807, 2.05) is 6.07 Å². The van der Waals surface area contributed by atoms with Crippen LogP contribution in [0.2, 0.25) is 0 Å². The van der Waals surface area contributed by atoms with Crippen LogP contribution in [0.4, 0.5) is 5.69 Å². The second kappa shape index (κ2) is 9.75. The van der Waals surface area contributed by atoms with Crippen LogP contribution in [0.25, 0.3) is 0 Å². The topological polar surface area (TPSA) is 108 Å². The van der Waals surface area contributed by atoms with Gasteiger partial charge < -0.3 is 23.8 Å². The molecule has 9 nitrogen and oxygen atoms in total. The third kappa shape index (κ3) is 5.19. The summed E-state index contributed by atoms with van der Waals surface area (Å²) in [6.07, 6.45) is -0.262. The van der Waals surface area contributed by atoms with E-state index in [-0.39, 0.29) is 35.6 Å². The van der Waals surface area contributed by atoms with E-state index < -0.39 is 17.9 Å². The molecule has 0 saturated heterocycles. The highest BCUT2D eigenvalue weighted by Crippen LogP contribution is 2.31. The summed E-state index contributed by atoms with van der Waals surface area (Å²) >= 11 is 0. The second-order valence-electron chi connectivity index (χ2n) is 6.56. The van der Waals surface area contributed by atoms with Crippen LogP contribution >= 0.6 is 0 Å². The van der Waals surface area contributed by atoms with Gasteiger partial charge in [-0.15, -0.1) is 0 Å². The van der Waals surface area contributed by atoms with Crippen LogP contribution in [0.3, 0.4) is 0 Å². The maximum absolute atomic E-state index is 12.6. The minimum absolute atomic E-state index is 0.0224. The number of amides is 1. The van der Waals surface area contributed by atoms with Crippen molar-refractivity contribution in [3.8, 4) is 11.5 Å². The molecular formula is C22H21NO8. The lowest BCUT2D eigenvalue weighted by Gasteiger charge is -2.29. The molecule has 0 aliphatic carbocycles. The van der Waals surface area contributed by atoms with Crippen LogP contribution in [0.15, 0.2) is 42.5 Å². The van der Waals surface area contributed by atoms with Gasteiger partial charge in [0.15, 0.2) is 0 Å². The molecule has 1 aliphatic heterocycles. The summed E-state index contributed by atoms with van der Waals surface area (Å²) in [5.74, 6) is -1.76. The highest BCUT2D eigenvalue weighted by molar-refractivity contribution is 5.97. The van der Waals surface area contributed by atoms with E-state index in [1.54, 1.807) is 23.1 Å². The summed E-state index contributed by atoms with van der Waals surface area (Å²) in [4.78, 5) is 50.1. The lowest BCUT2D eigenvalue weighted by atomic mass is 10.1. The maximum Gasteiger partial charge on any atom is 0.338 e. The molecule has 2 aromatic rings. The third-order valence-corrected chi connectivity index (χ3v) is 4.55. The molecule has 162 valence electrons. The van der Waals surface area contributed by atoms with E-state index in [2.05, 4.69) is 9.47 Å². The van der Waals surface area contributed by atoms with Crippen molar-refractivity contribution in [2.24, 2.45) is 0 Å². The highest BCUT2D eigenvalue weighted by atomic mass is 16.5. The van der Waals surface area contributed by atoms with Gasteiger partial charge in [-0.2, -0.15) is 0 Å². The van der Waals surface area contributed by atoms with Crippen molar-refractivity contribution in [2.75, 3.05) is 32.3 Å². The van der Waals surface area contributed by atoms with Gasteiger partial charge in [-0.1, -0.05) is 12.1 Å². The maximum atomic E-state index is 12.6. The normalized spacial score (nSPS) is 12.3. The Hall–Kier alpha value is -3.88. The van der Waals surface area contributed by atoms with E-state index in [0.717, 1.165) is 0 Å². The Bertz CT molecular complexity index is 982. The zero-order valence-electron chi connectivity index (χ0n) is 17.1. The largest absolute Gasteiger partial charge is 0.490 e. The van der Waals surface area contributed by atoms with E-state index in [9.17, 15) is 19.2 Å². The average molecular weight is 427 g/mol. The molecule has 3 rings (SSSR count). The number of ether oxygens (including phenoxy) is 4. The second-order valence-corrected chi connectivity index (χ2v) is 6.56. The molecule has 0 spiro atoms. The number of carbonyl (C=O) groups is 4. The van der Waals surface area contributed by atoms with Crippen LogP contribution in [-0.2, 0) is 19.1 Å². The van der Waals surface area contributed by atoms with Crippen LogP contribution in [0.1, 0.15) is 33.6 Å². The number of hydrogen-bond donors (Lipinski definition) is 0. The number of nitrogens with zero attached hydrogens (tertiary/aromatic N) is 1. The van der Waals surface area contributed by atoms with Crippen LogP contribution < -0.4 is 14.4 Å². The number of carbonyl (C=O) groups excluding carboxylic acids is 4. The molecule has 0 aromatic heterocycles. The molecule has 0 saturated carbocycles. The van der Waals surface area contributed by atoms with Crippen molar-refractivity contribution in [3.05, 3.63) is 53.6 Å². The fourth-order valence-corrected chi connectivity index (χ4v) is 3.08. The Morgan fingerprint density at radius 2 is 1.58 bits per heavy atom. The molecule has 2 aromatic carbocycles. The molecule has 1 heterocycles. The van der Waals surface area contributed by atoms with Crippen LogP contribution in [0, 0.1) is 0 Å². The fourth-order valence-electron chi connectivity index (χ4n) is 3.08. The molecule has 0 fully saturated rings. The molecule has 0 radical (unpaired) electrons. The molecule has 0 bridgehead atoms. The Kier molecular flexibility index (Phi) is 6.86. The number of fused-ring (bicyclic) bond motifs is 1. The lowest BCUT2D eigenvalue weighted by molar-refractivity contribution is -0.136. The Labute approximate surface area is 178 Å². The van der Waals surface area contributed by atoms with Crippen molar-refractivity contribution in [1.29, 1.82) is 0 Å². The van der Waals surface area contributed by atoms with Gasteiger partial charge in [-0.3, -0.25) is 9.59 Å². The monoisotopic (exact) mass is 427 g/mol. The first-order valence-corrected chi connectivity index (χ1v) is 9.47. The summed E-state index contributed by atoms with van der Waals surface area (Å²) in [6, 6.07) is 11.0. The van der Waals surface area contributed by atoms with Gasteiger partial charge in [-0.05, 0) is 30.3 Å². The average Bonchev–Trinajstić information content (AvgIpc) is 2.80. The number of benzene rings is 2. The number of para-hydroxylation sites is 2. The molecule has 9 heteroatoms. The van der Waals surface area contributed by atoms with Crippen molar-refractivity contribution >= 4 is 29.5 Å². The van der Waals surface area contributed by atoms with E-state index in [0.29, 0.717) is 24.6 Å². The Balaban J connectivity index is 1.66. The zero-order valence-corrected chi connectivity index (χ0v) is 17.1. The predicted molar refractivity (Wildman–Crippen MR) is 108 cm³/mol. The Morgan fingerprint density at radius 3 is 2.23 bits per heavy atom. The SMILES string of the molecule is COC(=O)c1cc(OC(=O)CCC(=O)N2CCOc3ccccc32)cc(C(=O)OC)c1. The molecular weight excluding hydrogens is 406 g/mol. The van der Waals surface area contributed by atoms with E-state index in [4.69, 9.17) is 9.47 Å². The molecule has 31 heavy (non-hydrogen) atoms. The van der Waals surface area contributed by atoms with Crippen LogP contribution in [0.5, 0.6) is 11.5 Å². The van der Waals surface area contributed by atoms with Gasteiger partial charge in [0.2, 0.25) is 5.91 Å². The van der Waals surface area contributed by atoms with Gasteiger partial charge in [0, 0.05) is 6.42 Å². The molecule has 0 N–H and O–H groups in total. The van der Waals surface area contributed by atoms with E-state index in [1.165, 1.54) is 32.4 Å². The lowest BCUT2D eigenvalue weighted by Crippen LogP contribution is -2.38. The standard InChI is InChI=1S/C22H21NO8/c1-28-21(26)14-11-15(22(27)29-2)13-16(12-14)31-20(25)8-7-19(24)23-9-10-30-18-6-4-3-5-17(18)23/h3-6,11-13H,7-10H2,1-2H3. The predicted octanol–water partition coefficient (Wildman–Crippen LogP) is 2.37. The highest BCUT2D eigenvalue weighted by Gasteiger charge is 2.24. The van der Waals surface area contributed by atoms with Gasteiger partial charge in [0.1, 0.15) is 18.1 Å². The first kappa shape index (κ1) is 21.8. The summed E-state index contributed by atoms with van der Waals surface area (Å²) in [7, 11) is 2.38. The number of anilines is 1. The molecule has 1 amide bonds. The Morgan fingerprint density at radius 1 is 0.935 bits per heavy atom. The van der Waals surface area contributed by atoms with Crippen LogP contribution in [-0.4, -0.2) is 51.2 Å². The fraction of sp³-hybridized carbons (Fsp3) is 0.273. The molecule has 0 unspecified atom stereocenters. The molecule has 0 atom stereocenters. The van der Waals surface area contributed by atoms with E-state index >= 15 is 0 Å².